The van der Waals surface area contributed by atoms with Crippen molar-refractivity contribution >= 4 is 11.6 Å². The normalized spacial score (nSPS) is 12.2. The highest BCUT2D eigenvalue weighted by atomic mass is 35.5. The van der Waals surface area contributed by atoms with E-state index in [4.69, 9.17) is 22.1 Å². The topological polar surface area (TPSA) is 48.1 Å². The minimum Gasteiger partial charge on any atom is -0.439 e. The first kappa shape index (κ1) is 11.9. The van der Waals surface area contributed by atoms with Crippen molar-refractivity contribution in [2.75, 3.05) is 0 Å². The van der Waals surface area contributed by atoms with Gasteiger partial charge in [-0.05, 0) is 36.8 Å². The molecule has 17 heavy (non-hydrogen) atoms. The summed E-state index contributed by atoms with van der Waals surface area (Å²) < 4.78 is 5.56. The maximum atomic E-state index is 5.79. The van der Waals surface area contributed by atoms with Crippen molar-refractivity contribution in [3.8, 4) is 11.6 Å². The molecule has 0 unspecified atom stereocenters. The fourth-order valence-electron chi connectivity index (χ4n) is 1.34. The van der Waals surface area contributed by atoms with Crippen molar-refractivity contribution in [2.45, 2.75) is 13.0 Å². The van der Waals surface area contributed by atoms with E-state index in [9.17, 15) is 0 Å². The Bertz CT molecular complexity index is 480. The Hall–Kier alpha value is -1.58. The van der Waals surface area contributed by atoms with Gasteiger partial charge in [0.15, 0.2) is 0 Å². The van der Waals surface area contributed by atoms with Crippen molar-refractivity contribution < 1.29 is 4.74 Å². The predicted octanol–water partition coefficient (Wildman–Crippen LogP) is 3.55. The molecule has 0 aliphatic heterocycles. The van der Waals surface area contributed by atoms with E-state index < -0.39 is 0 Å². The van der Waals surface area contributed by atoms with Gasteiger partial charge in [-0.3, -0.25) is 0 Å². The highest BCUT2D eigenvalue weighted by molar-refractivity contribution is 6.30. The monoisotopic (exact) mass is 248 g/mol. The lowest BCUT2D eigenvalue weighted by molar-refractivity contribution is 0.462. The number of hydrogen-bond acceptors (Lipinski definition) is 3. The number of aromatic nitrogens is 1. The number of pyridine rings is 1. The van der Waals surface area contributed by atoms with Gasteiger partial charge >= 0.3 is 0 Å². The lowest BCUT2D eigenvalue weighted by Crippen LogP contribution is -2.05. The largest absolute Gasteiger partial charge is 0.439 e. The van der Waals surface area contributed by atoms with E-state index >= 15 is 0 Å². The van der Waals surface area contributed by atoms with E-state index in [2.05, 4.69) is 4.98 Å². The van der Waals surface area contributed by atoms with Crippen LogP contribution >= 0.6 is 11.6 Å². The van der Waals surface area contributed by atoms with Crippen molar-refractivity contribution in [1.82, 2.24) is 4.98 Å². The van der Waals surface area contributed by atoms with Crippen LogP contribution in [0.1, 0.15) is 18.5 Å². The average molecular weight is 249 g/mol. The number of hydrogen-bond donors (Lipinski definition) is 1. The van der Waals surface area contributed by atoms with Gasteiger partial charge < -0.3 is 10.5 Å². The van der Waals surface area contributed by atoms with Crippen LogP contribution in [0.25, 0.3) is 0 Å². The molecular weight excluding hydrogens is 236 g/mol. The summed E-state index contributed by atoms with van der Waals surface area (Å²) in [5.41, 5.74) is 6.72. The molecule has 1 atom stereocenters. The number of ether oxygens (including phenoxy) is 1. The number of halogens is 1. The third-order valence-electron chi connectivity index (χ3n) is 2.32. The quantitative estimate of drug-likeness (QED) is 0.904. The highest BCUT2D eigenvalue weighted by Gasteiger charge is 2.02. The van der Waals surface area contributed by atoms with Gasteiger partial charge in [-0.2, -0.15) is 0 Å². The Morgan fingerprint density at radius 2 is 1.88 bits per heavy atom. The molecule has 0 aliphatic rings. The molecule has 2 rings (SSSR count). The van der Waals surface area contributed by atoms with E-state index in [1.54, 1.807) is 36.5 Å². The summed E-state index contributed by atoms with van der Waals surface area (Å²) in [6.07, 6.45) is 1.72. The van der Waals surface area contributed by atoms with Crippen molar-refractivity contribution in [1.29, 1.82) is 0 Å². The molecule has 1 heterocycles. The molecule has 0 saturated carbocycles. The Morgan fingerprint density at radius 1 is 1.18 bits per heavy atom. The Morgan fingerprint density at radius 3 is 2.41 bits per heavy atom. The van der Waals surface area contributed by atoms with Crippen molar-refractivity contribution in [3.63, 3.8) is 0 Å². The molecule has 0 saturated heterocycles. The van der Waals surface area contributed by atoms with E-state index in [0.717, 1.165) is 5.56 Å². The van der Waals surface area contributed by atoms with Crippen LogP contribution in [0.4, 0.5) is 0 Å². The van der Waals surface area contributed by atoms with E-state index in [0.29, 0.717) is 16.7 Å². The lowest BCUT2D eigenvalue weighted by Gasteiger charge is -2.07. The molecule has 0 spiro atoms. The standard InChI is InChI=1S/C13H13ClN2O/c1-9(15)10-2-7-13(16-8-10)17-12-5-3-11(14)4-6-12/h2-9H,15H2,1H3/t9-/m1/s1. The molecule has 0 fully saturated rings. The minimum absolute atomic E-state index is 0.0212. The van der Waals surface area contributed by atoms with Gasteiger partial charge in [0, 0.05) is 23.3 Å². The smallest absolute Gasteiger partial charge is 0.219 e. The van der Waals surface area contributed by atoms with Crippen LogP contribution in [-0.4, -0.2) is 4.98 Å². The van der Waals surface area contributed by atoms with Gasteiger partial charge in [0.05, 0.1) is 0 Å². The molecule has 3 nitrogen and oxygen atoms in total. The van der Waals surface area contributed by atoms with E-state index in [1.807, 2.05) is 13.0 Å². The van der Waals surface area contributed by atoms with Gasteiger partial charge in [0.25, 0.3) is 0 Å². The molecule has 1 aromatic carbocycles. The first-order valence-corrected chi connectivity index (χ1v) is 5.68. The van der Waals surface area contributed by atoms with Crippen LogP contribution in [-0.2, 0) is 0 Å². The molecule has 0 radical (unpaired) electrons. The summed E-state index contributed by atoms with van der Waals surface area (Å²) in [5.74, 6) is 1.24. The molecule has 1 aromatic heterocycles. The van der Waals surface area contributed by atoms with Gasteiger partial charge in [-0.1, -0.05) is 17.7 Å². The van der Waals surface area contributed by atoms with Crippen molar-refractivity contribution in [2.24, 2.45) is 5.73 Å². The van der Waals surface area contributed by atoms with Gasteiger partial charge in [-0.25, -0.2) is 4.98 Å². The maximum absolute atomic E-state index is 5.79. The second-order valence-corrected chi connectivity index (χ2v) is 4.21. The molecule has 0 amide bonds. The Labute approximate surface area is 105 Å². The minimum atomic E-state index is -0.0212. The van der Waals surface area contributed by atoms with E-state index in [-0.39, 0.29) is 6.04 Å². The summed E-state index contributed by atoms with van der Waals surface area (Å²) in [6.45, 7) is 1.91. The molecule has 2 N–H and O–H groups in total. The number of rotatable bonds is 3. The summed E-state index contributed by atoms with van der Waals surface area (Å²) in [7, 11) is 0. The number of nitrogens with zero attached hydrogens (tertiary/aromatic N) is 1. The summed E-state index contributed by atoms with van der Waals surface area (Å²) >= 11 is 5.79. The van der Waals surface area contributed by atoms with Gasteiger partial charge in [-0.15, -0.1) is 0 Å². The fraction of sp³-hybridized carbons (Fsp3) is 0.154. The second kappa shape index (κ2) is 5.17. The lowest BCUT2D eigenvalue weighted by atomic mass is 10.2. The van der Waals surface area contributed by atoms with Crippen molar-refractivity contribution in [3.05, 3.63) is 53.2 Å². The van der Waals surface area contributed by atoms with Crippen LogP contribution in [0.3, 0.4) is 0 Å². The Balaban J connectivity index is 2.11. The van der Waals surface area contributed by atoms with Crippen LogP contribution in [0.5, 0.6) is 11.6 Å². The zero-order valence-corrected chi connectivity index (χ0v) is 10.2. The molecule has 0 aliphatic carbocycles. The van der Waals surface area contributed by atoms with E-state index in [1.165, 1.54) is 0 Å². The number of benzene rings is 1. The molecule has 4 heteroatoms. The van der Waals surface area contributed by atoms with Gasteiger partial charge in [0.1, 0.15) is 5.75 Å². The average Bonchev–Trinajstić information content (AvgIpc) is 2.33. The van der Waals surface area contributed by atoms with Crippen LogP contribution < -0.4 is 10.5 Å². The predicted molar refractivity (Wildman–Crippen MR) is 68.4 cm³/mol. The summed E-state index contributed by atoms with van der Waals surface area (Å²) in [6, 6.07) is 10.8. The number of nitrogens with two attached hydrogens (primary N) is 1. The van der Waals surface area contributed by atoms with Crippen LogP contribution in [0.2, 0.25) is 5.02 Å². The maximum Gasteiger partial charge on any atom is 0.219 e. The highest BCUT2D eigenvalue weighted by Crippen LogP contribution is 2.22. The Kier molecular flexibility index (Phi) is 3.61. The molecule has 88 valence electrons. The summed E-state index contributed by atoms with van der Waals surface area (Å²) in [5, 5.41) is 0.678. The first-order valence-electron chi connectivity index (χ1n) is 5.30. The van der Waals surface area contributed by atoms with Crippen LogP contribution in [0.15, 0.2) is 42.6 Å². The third-order valence-corrected chi connectivity index (χ3v) is 2.57. The first-order chi connectivity index (χ1) is 8.15. The molecular formula is C13H13ClN2O. The molecule has 0 bridgehead atoms. The fourth-order valence-corrected chi connectivity index (χ4v) is 1.47. The van der Waals surface area contributed by atoms with Gasteiger partial charge in [0.2, 0.25) is 5.88 Å². The second-order valence-electron chi connectivity index (χ2n) is 3.77. The SMILES string of the molecule is C[C@@H](N)c1ccc(Oc2ccc(Cl)cc2)nc1. The summed E-state index contributed by atoms with van der Waals surface area (Å²) in [4.78, 5) is 4.18. The molecule has 2 aromatic rings. The zero-order chi connectivity index (χ0) is 12.3. The zero-order valence-electron chi connectivity index (χ0n) is 9.43. The third kappa shape index (κ3) is 3.19. The van der Waals surface area contributed by atoms with Crippen LogP contribution in [0, 0.1) is 0 Å².